The zero-order valence-electron chi connectivity index (χ0n) is 9.01. The minimum atomic E-state index is -1.29. The lowest BCUT2D eigenvalue weighted by atomic mass is 9.52. The van der Waals surface area contributed by atoms with E-state index >= 15 is 0 Å². The number of Topliss-reactive ketones (excluding diaryl/α,β-unsaturated/α-hetero) is 1. The molecule has 1 saturated carbocycles. The van der Waals surface area contributed by atoms with Crippen LogP contribution in [0, 0.1) is 5.41 Å². The standard InChI is InChI=1S/C12H15ClO2/c1-8-6-9(7-13)10(14)11(2,15)12(8)4-3-5-12/h6-7,15H,3-5H2,1-2H3/b9-7+. The van der Waals surface area contributed by atoms with Gasteiger partial charge in [0.2, 0.25) is 0 Å². The average molecular weight is 227 g/mol. The molecule has 1 fully saturated rings. The molecule has 1 atom stereocenters. The lowest BCUT2D eigenvalue weighted by molar-refractivity contribution is -0.152. The van der Waals surface area contributed by atoms with Crippen molar-refractivity contribution in [1.82, 2.24) is 0 Å². The summed E-state index contributed by atoms with van der Waals surface area (Å²) in [6.07, 6.45) is 4.67. The Balaban J connectivity index is 2.56. The molecule has 0 saturated heterocycles. The highest BCUT2D eigenvalue weighted by atomic mass is 35.5. The molecule has 15 heavy (non-hydrogen) atoms. The number of rotatable bonds is 0. The molecule has 0 radical (unpaired) electrons. The highest BCUT2D eigenvalue weighted by molar-refractivity contribution is 6.28. The number of carbonyl (C=O) groups excluding carboxylic acids is 1. The number of allylic oxidation sites excluding steroid dienone is 1. The van der Waals surface area contributed by atoms with Gasteiger partial charge in [0.05, 0.1) is 0 Å². The van der Waals surface area contributed by atoms with Crippen LogP contribution >= 0.6 is 11.6 Å². The number of ketones is 1. The molecule has 1 unspecified atom stereocenters. The summed E-state index contributed by atoms with van der Waals surface area (Å²) >= 11 is 5.58. The second-order valence-corrected chi connectivity index (χ2v) is 4.95. The number of hydrogen-bond donors (Lipinski definition) is 1. The summed E-state index contributed by atoms with van der Waals surface area (Å²) in [6.45, 7) is 3.59. The molecule has 0 aromatic rings. The first-order chi connectivity index (χ1) is 6.95. The first-order valence-electron chi connectivity index (χ1n) is 5.22. The summed E-state index contributed by atoms with van der Waals surface area (Å²) in [5.74, 6) is -0.247. The average Bonchev–Trinajstić information content (AvgIpc) is 2.08. The highest BCUT2D eigenvalue weighted by Crippen LogP contribution is 2.57. The maximum atomic E-state index is 12.0. The number of aliphatic hydroxyl groups is 1. The van der Waals surface area contributed by atoms with Crippen molar-refractivity contribution in [1.29, 1.82) is 0 Å². The van der Waals surface area contributed by atoms with E-state index in [4.69, 9.17) is 11.6 Å². The summed E-state index contributed by atoms with van der Waals surface area (Å²) < 4.78 is 0. The monoisotopic (exact) mass is 226 g/mol. The van der Waals surface area contributed by atoms with Crippen LogP contribution in [0.3, 0.4) is 0 Å². The lowest BCUT2D eigenvalue weighted by Gasteiger charge is -2.53. The largest absolute Gasteiger partial charge is 0.381 e. The van der Waals surface area contributed by atoms with Crippen molar-refractivity contribution in [2.45, 2.75) is 38.7 Å². The maximum Gasteiger partial charge on any atom is 0.195 e. The molecule has 2 nitrogen and oxygen atoms in total. The fraction of sp³-hybridized carbons (Fsp3) is 0.583. The van der Waals surface area contributed by atoms with E-state index in [-0.39, 0.29) is 11.2 Å². The SMILES string of the molecule is CC1=C/C(=C\Cl)C(=O)C(C)(O)C12CCC2. The molecule has 0 bridgehead atoms. The van der Waals surface area contributed by atoms with Crippen LogP contribution in [0.25, 0.3) is 0 Å². The van der Waals surface area contributed by atoms with E-state index in [1.807, 2.05) is 13.0 Å². The molecule has 2 aliphatic carbocycles. The van der Waals surface area contributed by atoms with Gasteiger partial charge < -0.3 is 5.11 Å². The maximum absolute atomic E-state index is 12.0. The predicted octanol–water partition coefficient (Wildman–Crippen LogP) is 2.56. The molecular formula is C12H15ClO2. The highest BCUT2D eigenvalue weighted by Gasteiger charge is 2.58. The van der Waals surface area contributed by atoms with Gasteiger partial charge in [0.1, 0.15) is 5.60 Å². The molecule has 0 amide bonds. The molecule has 0 heterocycles. The summed E-state index contributed by atoms with van der Waals surface area (Å²) in [5, 5.41) is 10.4. The van der Waals surface area contributed by atoms with E-state index in [0.29, 0.717) is 5.57 Å². The lowest BCUT2D eigenvalue weighted by Crippen LogP contribution is -2.58. The van der Waals surface area contributed by atoms with Gasteiger partial charge in [-0.15, -0.1) is 0 Å². The first-order valence-corrected chi connectivity index (χ1v) is 5.66. The molecule has 0 aliphatic heterocycles. The molecule has 2 rings (SSSR count). The minimum Gasteiger partial charge on any atom is -0.381 e. The van der Waals surface area contributed by atoms with Crippen LogP contribution in [0.15, 0.2) is 22.8 Å². The van der Waals surface area contributed by atoms with Gasteiger partial charge in [-0.25, -0.2) is 0 Å². The van der Waals surface area contributed by atoms with Gasteiger partial charge in [0.15, 0.2) is 5.78 Å². The van der Waals surface area contributed by atoms with Crippen LogP contribution in [0.4, 0.5) is 0 Å². The fourth-order valence-electron chi connectivity index (χ4n) is 2.81. The second kappa shape index (κ2) is 3.19. The van der Waals surface area contributed by atoms with Crippen LogP contribution in [0.5, 0.6) is 0 Å². The van der Waals surface area contributed by atoms with E-state index in [0.717, 1.165) is 24.8 Å². The quantitative estimate of drug-likeness (QED) is 0.645. The van der Waals surface area contributed by atoms with Crippen molar-refractivity contribution in [3.05, 3.63) is 22.8 Å². The molecular weight excluding hydrogens is 212 g/mol. The molecule has 1 N–H and O–H groups in total. The van der Waals surface area contributed by atoms with Crippen molar-refractivity contribution < 1.29 is 9.90 Å². The molecule has 0 aromatic carbocycles. The van der Waals surface area contributed by atoms with E-state index in [1.165, 1.54) is 5.54 Å². The van der Waals surface area contributed by atoms with Gasteiger partial charge in [-0.3, -0.25) is 4.79 Å². The third-order valence-corrected chi connectivity index (χ3v) is 4.32. The molecule has 1 spiro atoms. The minimum absolute atomic E-state index is 0.247. The van der Waals surface area contributed by atoms with Crippen molar-refractivity contribution in [3.8, 4) is 0 Å². The summed E-state index contributed by atoms with van der Waals surface area (Å²) in [5.41, 5.74) is 1.13. The Morgan fingerprint density at radius 2 is 2.13 bits per heavy atom. The smallest absolute Gasteiger partial charge is 0.195 e. The zero-order chi connectivity index (χ0) is 11.3. The van der Waals surface area contributed by atoms with Crippen molar-refractivity contribution in [2.24, 2.45) is 5.41 Å². The molecule has 3 heteroatoms. The third-order valence-electron chi connectivity index (χ3n) is 4.09. The van der Waals surface area contributed by atoms with Gasteiger partial charge in [0.25, 0.3) is 0 Å². The Labute approximate surface area is 94.6 Å². The normalized spacial score (nSPS) is 36.7. The van der Waals surface area contributed by atoms with Crippen LogP contribution in [0.2, 0.25) is 0 Å². The number of hydrogen-bond acceptors (Lipinski definition) is 2. The summed E-state index contributed by atoms with van der Waals surface area (Å²) in [6, 6.07) is 0. The first kappa shape index (κ1) is 10.9. The zero-order valence-corrected chi connectivity index (χ0v) is 9.77. The van der Waals surface area contributed by atoms with E-state index < -0.39 is 5.60 Å². The summed E-state index contributed by atoms with van der Waals surface area (Å²) in [4.78, 5) is 12.0. The summed E-state index contributed by atoms with van der Waals surface area (Å²) in [7, 11) is 0. The van der Waals surface area contributed by atoms with Gasteiger partial charge in [-0.2, -0.15) is 0 Å². The van der Waals surface area contributed by atoms with Gasteiger partial charge >= 0.3 is 0 Å². The van der Waals surface area contributed by atoms with Crippen molar-refractivity contribution >= 4 is 17.4 Å². The van der Waals surface area contributed by atoms with Gasteiger partial charge in [0, 0.05) is 16.5 Å². The van der Waals surface area contributed by atoms with Gasteiger partial charge in [-0.1, -0.05) is 29.7 Å². The second-order valence-electron chi connectivity index (χ2n) is 4.73. The van der Waals surface area contributed by atoms with Crippen LogP contribution in [-0.4, -0.2) is 16.5 Å². The third kappa shape index (κ3) is 1.18. The van der Waals surface area contributed by atoms with Crippen LogP contribution in [0.1, 0.15) is 33.1 Å². The Morgan fingerprint density at radius 1 is 1.53 bits per heavy atom. The Hall–Kier alpha value is -0.600. The number of carbonyl (C=O) groups is 1. The fourth-order valence-corrected chi connectivity index (χ4v) is 2.97. The van der Waals surface area contributed by atoms with Crippen LogP contribution in [-0.2, 0) is 4.79 Å². The van der Waals surface area contributed by atoms with E-state index in [2.05, 4.69) is 0 Å². The van der Waals surface area contributed by atoms with Crippen LogP contribution < -0.4 is 0 Å². The Kier molecular flexibility index (Phi) is 2.32. The molecule has 2 aliphatic rings. The number of halogens is 1. The molecule has 82 valence electrons. The van der Waals surface area contributed by atoms with Crippen molar-refractivity contribution in [3.63, 3.8) is 0 Å². The van der Waals surface area contributed by atoms with E-state index in [9.17, 15) is 9.90 Å². The topological polar surface area (TPSA) is 37.3 Å². The predicted molar refractivity (Wildman–Crippen MR) is 59.6 cm³/mol. The van der Waals surface area contributed by atoms with Crippen molar-refractivity contribution in [2.75, 3.05) is 0 Å². The Bertz CT molecular complexity index is 373. The van der Waals surface area contributed by atoms with Gasteiger partial charge in [-0.05, 0) is 26.7 Å². The van der Waals surface area contributed by atoms with E-state index in [1.54, 1.807) is 6.92 Å². The Morgan fingerprint density at radius 3 is 2.53 bits per heavy atom. The molecule has 0 aromatic heterocycles.